The van der Waals surface area contributed by atoms with E-state index in [2.05, 4.69) is 10.2 Å². The smallest absolute Gasteiger partial charge is 0.273 e. The monoisotopic (exact) mass is 209 g/mol. The second kappa shape index (κ2) is 3.69. The van der Waals surface area contributed by atoms with Crippen LogP contribution in [0.3, 0.4) is 0 Å². The lowest BCUT2D eigenvalue weighted by Gasteiger charge is -1.99. The molecule has 0 aliphatic rings. The first-order valence-electron chi connectivity index (χ1n) is 4.73. The molecular formula is C6H5Cl2N3O. The summed E-state index contributed by atoms with van der Waals surface area (Å²) in [5.74, 6) is -1.04. The predicted octanol–water partition coefficient (Wildman–Crippen LogP) is 1.14. The predicted molar refractivity (Wildman–Crippen MR) is 45.4 cm³/mol. The van der Waals surface area contributed by atoms with Crippen LogP contribution < -0.4 is 5.32 Å². The first-order chi connectivity index (χ1) is 7.22. The molecule has 1 amide bonds. The molecule has 4 nitrogen and oxygen atoms in total. The molecule has 0 unspecified atom stereocenters. The molecule has 12 heavy (non-hydrogen) atoms. The van der Waals surface area contributed by atoms with Crippen molar-refractivity contribution in [3.63, 3.8) is 0 Å². The van der Waals surface area contributed by atoms with E-state index in [1.54, 1.807) is 5.32 Å². The van der Waals surface area contributed by atoms with Crippen LogP contribution in [-0.2, 0) is 0 Å². The summed E-state index contributed by atoms with van der Waals surface area (Å²) in [5, 5.41) is 7.67. The van der Waals surface area contributed by atoms with Gasteiger partial charge >= 0.3 is 0 Å². The first-order valence-corrected chi connectivity index (χ1v) is 3.49. The van der Waals surface area contributed by atoms with E-state index in [1.807, 2.05) is 0 Å². The fourth-order valence-electron chi connectivity index (χ4n) is 0.517. The molecule has 0 saturated carbocycles. The Morgan fingerprint density at radius 1 is 1.75 bits per heavy atom. The second-order valence-electron chi connectivity index (χ2n) is 1.73. The van der Waals surface area contributed by atoms with Crippen LogP contribution in [0.1, 0.15) is 16.0 Å². The molecule has 0 bridgehead atoms. The molecule has 0 aromatic carbocycles. The minimum atomic E-state index is -2.66. The minimum Gasteiger partial charge on any atom is -0.354 e. The van der Waals surface area contributed by atoms with Crippen LogP contribution in [0.2, 0.25) is 10.2 Å². The summed E-state index contributed by atoms with van der Waals surface area (Å²) in [7, 11) is 0. The Morgan fingerprint density at radius 2 is 2.50 bits per heavy atom. The highest BCUT2D eigenvalue weighted by molar-refractivity contribution is 6.35. The van der Waals surface area contributed by atoms with Crippen molar-refractivity contribution in [1.82, 2.24) is 15.5 Å². The number of carbonyl (C=O) groups is 1. The standard InChI is InChI=1S/C6H5Cl2N3O/c1-9-6(12)5-3(7)2-4(8)10-11-5/h2H,1H3,(H,9,12)/i1D3,2D. The molecule has 0 aliphatic heterocycles. The van der Waals surface area contributed by atoms with Crippen LogP contribution in [-0.4, -0.2) is 23.1 Å². The fourth-order valence-corrected chi connectivity index (χ4v) is 0.911. The Bertz CT molecular complexity index is 437. The van der Waals surface area contributed by atoms with Gasteiger partial charge in [-0.1, -0.05) is 23.2 Å². The van der Waals surface area contributed by atoms with Gasteiger partial charge in [0.15, 0.2) is 10.8 Å². The number of nitrogens with one attached hydrogen (secondary N) is 1. The van der Waals surface area contributed by atoms with Gasteiger partial charge in [-0.25, -0.2) is 0 Å². The van der Waals surface area contributed by atoms with Crippen LogP contribution in [0, 0.1) is 0 Å². The largest absolute Gasteiger partial charge is 0.354 e. The van der Waals surface area contributed by atoms with Crippen molar-refractivity contribution in [3.05, 3.63) is 21.9 Å². The molecule has 0 fully saturated rings. The number of carbonyl (C=O) groups excluding carboxylic acids is 1. The van der Waals surface area contributed by atoms with Crippen molar-refractivity contribution in [2.24, 2.45) is 0 Å². The van der Waals surface area contributed by atoms with Crippen molar-refractivity contribution in [2.45, 2.75) is 0 Å². The van der Waals surface area contributed by atoms with Gasteiger partial charge in [0.1, 0.15) is 0 Å². The molecule has 0 aliphatic carbocycles. The number of nitrogens with zero attached hydrogens (tertiary/aromatic N) is 2. The molecule has 6 heteroatoms. The van der Waals surface area contributed by atoms with Crippen molar-refractivity contribution in [3.8, 4) is 0 Å². The summed E-state index contributed by atoms with van der Waals surface area (Å²) in [6, 6.07) is -0.381. The Labute approximate surface area is 84.5 Å². The zero-order valence-corrected chi connectivity index (χ0v) is 7.07. The van der Waals surface area contributed by atoms with Crippen molar-refractivity contribution < 1.29 is 10.3 Å². The molecule has 0 radical (unpaired) electrons. The van der Waals surface area contributed by atoms with Gasteiger partial charge in [0.2, 0.25) is 0 Å². The third-order valence-corrected chi connectivity index (χ3v) is 1.43. The van der Waals surface area contributed by atoms with E-state index in [1.165, 1.54) is 0 Å². The van der Waals surface area contributed by atoms with E-state index < -0.39 is 18.6 Å². The van der Waals surface area contributed by atoms with Crippen molar-refractivity contribution in [1.29, 1.82) is 0 Å². The average Bonchev–Trinajstić information content (AvgIpc) is 2.11. The van der Waals surface area contributed by atoms with Gasteiger partial charge in [0, 0.05) is 11.1 Å². The van der Waals surface area contributed by atoms with Gasteiger partial charge < -0.3 is 5.32 Å². The summed E-state index contributed by atoms with van der Waals surface area (Å²) >= 11 is 11.0. The van der Waals surface area contributed by atoms with Crippen LogP contribution in [0.4, 0.5) is 0 Å². The summed E-state index contributed by atoms with van der Waals surface area (Å²) in [4.78, 5) is 11.4. The van der Waals surface area contributed by atoms with E-state index in [0.717, 1.165) is 0 Å². The highest BCUT2D eigenvalue weighted by Crippen LogP contribution is 2.15. The van der Waals surface area contributed by atoms with Crippen LogP contribution in [0.5, 0.6) is 0 Å². The maximum atomic E-state index is 11.4. The Balaban J connectivity index is 3.06. The van der Waals surface area contributed by atoms with Gasteiger partial charge in [0.05, 0.1) is 6.39 Å². The van der Waals surface area contributed by atoms with Gasteiger partial charge in [-0.2, -0.15) is 0 Å². The van der Waals surface area contributed by atoms with Gasteiger partial charge in [-0.15, -0.1) is 10.2 Å². The van der Waals surface area contributed by atoms with E-state index in [0.29, 0.717) is 0 Å². The Kier molecular flexibility index (Phi) is 1.53. The average molecular weight is 210 g/mol. The maximum absolute atomic E-state index is 11.4. The molecule has 1 rings (SSSR count). The summed E-state index contributed by atoms with van der Waals surface area (Å²) < 4.78 is 27.8. The SMILES string of the molecule is [2H]c1c(Cl)nnc(C(=O)NC([2H])([2H])[2H])c1Cl. The third-order valence-electron chi connectivity index (χ3n) is 0.987. The molecular weight excluding hydrogens is 201 g/mol. The molecule has 1 aromatic heterocycles. The third kappa shape index (κ3) is 1.84. The van der Waals surface area contributed by atoms with E-state index in [9.17, 15) is 4.79 Å². The van der Waals surface area contributed by atoms with Gasteiger partial charge in [-0.3, -0.25) is 4.79 Å². The van der Waals surface area contributed by atoms with Crippen LogP contribution in [0.25, 0.3) is 0 Å². The normalized spacial score (nSPS) is 15.5. The van der Waals surface area contributed by atoms with Gasteiger partial charge in [0.25, 0.3) is 5.91 Å². The number of halogens is 2. The quantitative estimate of drug-likeness (QED) is 0.756. The zero-order chi connectivity index (χ0) is 12.5. The molecule has 0 spiro atoms. The number of amides is 1. The molecule has 0 saturated heterocycles. The summed E-state index contributed by atoms with van der Waals surface area (Å²) in [5.41, 5.74) is -0.452. The number of rotatable bonds is 1. The van der Waals surface area contributed by atoms with Crippen molar-refractivity contribution in [2.75, 3.05) is 6.98 Å². The summed E-state index contributed by atoms with van der Waals surface area (Å²) in [6.45, 7) is -2.66. The van der Waals surface area contributed by atoms with Crippen molar-refractivity contribution >= 4 is 29.1 Å². The lowest BCUT2D eigenvalue weighted by atomic mass is 10.4. The summed E-state index contributed by atoms with van der Waals surface area (Å²) in [6.07, 6.45) is 0. The second-order valence-corrected chi connectivity index (χ2v) is 2.47. The number of hydrogen-bond acceptors (Lipinski definition) is 3. The van der Waals surface area contributed by atoms with E-state index in [-0.39, 0.29) is 16.2 Å². The topological polar surface area (TPSA) is 54.9 Å². The minimum absolute atomic E-state index is 0.268. The lowest BCUT2D eigenvalue weighted by molar-refractivity contribution is 0.0957. The van der Waals surface area contributed by atoms with Gasteiger partial charge in [-0.05, 0) is 6.04 Å². The lowest BCUT2D eigenvalue weighted by Crippen LogP contribution is -2.20. The molecule has 1 N–H and O–H groups in total. The van der Waals surface area contributed by atoms with E-state index >= 15 is 0 Å². The molecule has 0 atom stereocenters. The maximum Gasteiger partial charge on any atom is 0.273 e. The highest BCUT2D eigenvalue weighted by Gasteiger charge is 2.11. The van der Waals surface area contributed by atoms with Crippen LogP contribution >= 0.6 is 23.2 Å². The Morgan fingerprint density at radius 3 is 3.17 bits per heavy atom. The highest BCUT2D eigenvalue weighted by atomic mass is 35.5. The molecule has 1 aromatic rings. The van der Waals surface area contributed by atoms with Crippen LogP contribution in [0.15, 0.2) is 6.04 Å². The zero-order valence-electron chi connectivity index (χ0n) is 9.56. The number of hydrogen-bond donors (Lipinski definition) is 1. The molecule has 64 valence electrons. The fraction of sp³-hybridized carbons (Fsp3) is 0.167. The Hall–Kier alpha value is -0.870. The first kappa shape index (κ1) is 4.99. The number of aromatic nitrogens is 2. The van der Waals surface area contributed by atoms with E-state index in [4.69, 9.17) is 28.7 Å². The molecule has 1 heterocycles.